The van der Waals surface area contributed by atoms with Gasteiger partial charge in [-0.2, -0.15) is 28.1 Å². The summed E-state index contributed by atoms with van der Waals surface area (Å²) in [5.41, 5.74) is 6.39. The number of hydrogen-bond acceptors (Lipinski definition) is 22. The Morgan fingerprint density at radius 3 is 1.67 bits per heavy atom. The lowest BCUT2D eigenvalue weighted by Crippen LogP contribution is -2.36. The molecule has 11 rings (SSSR count). The van der Waals surface area contributed by atoms with E-state index < -0.39 is 11.7 Å². The summed E-state index contributed by atoms with van der Waals surface area (Å²) in [7, 11) is 9.28. The number of methoxy groups -OCH3 is 5. The van der Waals surface area contributed by atoms with E-state index in [-0.39, 0.29) is 30.3 Å². The van der Waals surface area contributed by atoms with E-state index in [0.29, 0.717) is 83.9 Å². The number of anilines is 13. The van der Waals surface area contributed by atoms with Gasteiger partial charge in [0.1, 0.15) is 23.0 Å². The molecule has 8 aromatic rings. The molecule has 1 saturated carbocycles. The summed E-state index contributed by atoms with van der Waals surface area (Å²) in [5.74, 6) is 4.17. The molecule has 0 atom stereocenters. The van der Waals surface area contributed by atoms with Crippen LogP contribution in [0.3, 0.4) is 0 Å². The molecule has 480 valence electrons. The summed E-state index contributed by atoms with van der Waals surface area (Å²) in [5, 5.41) is 30.9. The lowest BCUT2D eigenvalue weighted by molar-refractivity contribution is -0.137. The van der Waals surface area contributed by atoms with Gasteiger partial charge in [0, 0.05) is 116 Å². The lowest BCUT2D eigenvalue weighted by atomic mass is 10.1. The number of morpholine rings is 1. The molecule has 3 aromatic heterocycles. The SMILES string of the molecule is CNC(=O)c1ccccc1Nc1nc(Nc2cc(N3CCCCC3)cc(N3CCOCC3)c2)ncc1Br.COc1cc(Nc2ncc(Br)c(Nc3ccccc3CO)n2)cc(OC)c1OC.COc1ccc(Nc2ncc(C(F)(F)F)c(NC3CC3)n2)cc1OC. The first kappa shape index (κ1) is 66.3. The van der Waals surface area contributed by atoms with Crippen molar-refractivity contribution < 1.29 is 51.5 Å². The van der Waals surface area contributed by atoms with Crippen LogP contribution in [0.1, 0.15) is 53.6 Å². The Morgan fingerprint density at radius 2 is 1.11 bits per heavy atom. The van der Waals surface area contributed by atoms with E-state index in [9.17, 15) is 23.1 Å². The van der Waals surface area contributed by atoms with Gasteiger partial charge >= 0.3 is 6.18 Å². The number of alkyl halides is 3. The molecule has 5 aromatic carbocycles. The maximum Gasteiger partial charge on any atom is 0.421 e. The third-order valence-electron chi connectivity index (χ3n) is 14.4. The number of amides is 1. The number of rotatable bonds is 21. The van der Waals surface area contributed by atoms with Crippen molar-refractivity contribution in [2.75, 3.05) is 124 Å². The molecule has 3 fully saturated rings. The first-order valence-corrected chi connectivity index (χ1v) is 30.5. The van der Waals surface area contributed by atoms with Crippen molar-refractivity contribution in [2.24, 2.45) is 0 Å². The minimum atomic E-state index is -4.51. The van der Waals surface area contributed by atoms with Crippen molar-refractivity contribution in [2.45, 2.75) is 50.9 Å². The van der Waals surface area contributed by atoms with Crippen LogP contribution in [0.15, 0.2) is 125 Å². The van der Waals surface area contributed by atoms with E-state index in [1.165, 1.54) is 44.9 Å². The van der Waals surface area contributed by atoms with Crippen LogP contribution in [0.4, 0.5) is 88.3 Å². The maximum atomic E-state index is 13.1. The average molecular weight is 1380 g/mol. The lowest BCUT2D eigenvalue weighted by Gasteiger charge is -2.33. The molecule has 28 heteroatoms. The van der Waals surface area contributed by atoms with Crippen LogP contribution < -0.4 is 70.7 Å². The Bertz CT molecular complexity index is 3710. The van der Waals surface area contributed by atoms with Crippen molar-refractivity contribution in [3.8, 4) is 28.7 Å². The zero-order chi connectivity index (χ0) is 64.4. The Hall–Kier alpha value is -9.12. The summed E-state index contributed by atoms with van der Waals surface area (Å²) in [4.78, 5) is 42.9. The normalized spacial score (nSPS) is 13.6. The summed E-state index contributed by atoms with van der Waals surface area (Å²) in [6.07, 6.45) is 4.99. The second-order valence-corrected chi connectivity index (χ2v) is 22.3. The maximum absolute atomic E-state index is 13.1. The van der Waals surface area contributed by atoms with Crippen LogP contribution in [0, 0.1) is 0 Å². The Kier molecular flexibility index (Phi) is 23.0. The number of nitrogens with zero attached hydrogens (tertiary/aromatic N) is 8. The number of para-hydroxylation sites is 2. The van der Waals surface area contributed by atoms with Crippen LogP contribution >= 0.6 is 31.9 Å². The first-order valence-electron chi connectivity index (χ1n) is 29.0. The van der Waals surface area contributed by atoms with E-state index in [4.69, 9.17) is 33.4 Å². The smallest absolute Gasteiger partial charge is 0.421 e. The highest BCUT2D eigenvalue weighted by Gasteiger charge is 2.37. The number of halogens is 5. The molecule has 0 spiro atoms. The van der Waals surface area contributed by atoms with Crippen LogP contribution in [0.2, 0.25) is 0 Å². The van der Waals surface area contributed by atoms with Gasteiger partial charge in [0.15, 0.2) is 23.0 Å². The van der Waals surface area contributed by atoms with Gasteiger partial charge in [-0.1, -0.05) is 30.3 Å². The topological polar surface area (TPSA) is 261 Å². The van der Waals surface area contributed by atoms with E-state index in [1.807, 2.05) is 42.5 Å². The average Bonchev–Trinajstić information content (AvgIpc) is 3.31. The highest BCUT2D eigenvalue weighted by atomic mass is 79.9. The fourth-order valence-corrected chi connectivity index (χ4v) is 10.2. The first-order chi connectivity index (χ1) is 44.1. The molecule has 5 heterocycles. The number of ether oxygens (including phenoxy) is 6. The summed E-state index contributed by atoms with van der Waals surface area (Å²) < 4.78 is 72.6. The highest BCUT2D eigenvalue weighted by Crippen LogP contribution is 2.42. The Balaban J connectivity index is 0.000000165. The molecule has 2 aliphatic heterocycles. The van der Waals surface area contributed by atoms with Gasteiger partial charge in [-0.3, -0.25) is 4.79 Å². The number of benzene rings is 5. The third-order valence-corrected chi connectivity index (χ3v) is 15.6. The zero-order valence-electron chi connectivity index (χ0n) is 50.8. The van der Waals surface area contributed by atoms with Crippen molar-refractivity contribution in [3.63, 3.8) is 0 Å². The van der Waals surface area contributed by atoms with Gasteiger partial charge < -0.3 is 80.5 Å². The number of carbonyl (C=O) groups is 1. The minimum Gasteiger partial charge on any atom is -0.493 e. The molecule has 1 amide bonds. The van der Waals surface area contributed by atoms with E-state index >= 15 is 0 Å². The number of carbonyl (C=O) groups excluding carboxylic acids is 1. The van der Waals surface area contributed by atoms with Crippen LogP contribution in [0.25, 0.3) is 0 Å². The standard InChI is InChI=1S/C27H32BrN7O2.C20H21BrN4O4.C16H17F3N4O2/c1-29-26(36)22-7-3-4-8-24(22)32-25-23(28)18-30-27(33-25)31-19-15-20(34-9-5-2-6-10-34)17-21(16-19)35-11-13-37-14-12-35;1-27-16-8-13(9-17(28-2)18(16)29-3)23-20-22-10-14(21)19(25-20)24-15-7-5-4-6-12(15)11-26;1-24-12-6-5-10(7-13(12)25-2)22-15-20-8-11(16(17,18)19)14(23-15)21-9-3-4-9/h3-4,7-8,15-18H,2,5-6,9-14H2,1H3,(H,29,36)(H2,30,31,32,33);4-10,26H,11H2,1-3H3,(H2,22,23,24,25);5-9H,3-4H2,1-2H3,(H2,20,21,22,23). The van der Waals surface area contributed by atoms with Gasteiger partial charge in [0.05, 0.1) is 75.6 Å². The second kappa shape index (κ2) is 31.6. The monoisotopic (exact) mass is 1380 g/mol. The van der Waals surface area contributed by atoms with Crippen molar-refractivity contribution >= 4 is 113 Å². The molecule has 0 bridgehead atoms. The number of piperidine rings is 1. The molecule has 23 nitrogen and oxygen atoms in total. The predicted molar refractivity (Wildman–Crippen MR) is 353 cm³/mol. The van der Waals surface area contributed by atoms with E-state index in [1.54, 1.807) is 77.2 Å². The molecule has 3 aliphatic rings. The summed E-state index contributed by atoms with van der Waals surface area (Å²) in [6, 6.07) is 30.0. The van der Waals surface area contributed by atoms with Gasteiger partial charge in [0.2, 0.25) is 23.6 Å². The minimum absolute atomic E-state index is 0.0323. The second-order valence-electron chi connectivity index (χ2n) is 20.6. The fourth-order valence-electron chi connectivity index (χ4n) is 9.63. The van der Waals surface area contributed by atoms with Crippen LogP contribution in [0.5, 0.6) is 28.7 Å². The highest BCUT2D eigenvalue weighted by molar-refractivity contribution is 9.11. The number of aromatic nitrogens is 6. The van der Waals surface area contributed by atoms with Gasteiger partial charge in [-0.25, -0.2) is 15.0 Å². The predicted octanol–water partition coefficient (Wildman–Crippen LogP) is 13.0. The third kappa shape index (κ3) is 17.9. The van der Waals surface area contributed by atoms with E-state index in [2.05, 4.69) is 122 Å². The Labute approximate surface area is 541 Å². The van der Waals surface area contributed by atoms with E-state index in [0.717, 1.165) is 75.4 Å². The molecule has 2 saturated heterocycles. The number of hydrogen-bond donors (Lipinski definition) is 8. The summed E-state index contributed by atoms with van der Waals surface area (Å²) >= 11 is 6.99. The van der Waals surface area contributed by atoms with Gasteiger partial charge in [-0.15, -0.1) is 0 Å². The van der Waals surface area contributed by atoms with Crippen molar-refractivity contribution in [3.05, 3.63) is 141 Å². The molecule has 8 N–H and O–H groups in total. The van der Waals surface area contributed by atoms with Gasteiger partial charge in [0.25, 0.3) is 5.91 Å². The fraction of sp³-hybridized carbons (Fsp3) is 0.317. The van der Waals surface area contributed by atoms with Gasteiger partial charge in [-0.05, 0) is 112 Å². The van der Waals surface area contributed by atoms with Crippen LogP contribution in [-0.2, 0) is 17.5 Å². The quantitative estimate of drug-likeness (QED) is 0.0332. The number of nitrogens with one attached hydrogen (secondary N) is 7. The number of aliphatic hydroxyl groups excluding tert-OH is 1. The molecule has 1 aliphatic carbocycles. The molecular weight excluding hydrogens is 1310 g/mol. The largest absolute Gasteiger partial charge is 0.493 e. The Morgan fingerprint density at radius 1 is 0.593 bits per heavy atom. The van der Waals surface area contributed by atoms with Crippen molar-refractivity contribution in [1.82, 2.24) is 35.2 Å². The molecule has 91 heavy (non-hydrogen) atoms. The summed E-state index contributed by atoms with van der Waals surface area (Å²) in [6.45, 7) is 5.27. The van der Waals surface area contributed by atoms with Crippen molar-refractivity contribution in [1.29, 1.82) is 0 Å². The molecule has 0 unspecified atom stereocenters. The molecular formula is C63H70Br2F3N15O8. The number of aliphatic hydroxyl groups is 1. The van der Waals surface area contributed by atoms with Crippen LogP contribution in [-0.4, -0.2) is 129 Å². The molecule has 0 radical (unpaired) electrons. The zero-order valence-corrected chi connectivity index (χ0v) is 54.0.